The highest BCUT2D eigenvalue weighted by molar-refractivity contribution is 6.10. The van der Waals surface area contributed by atoms with E-state index in [1.807, 2.05) is 36.2 Å². The van der Waals surface area contributed by atoms with Crippen molar-refractivity contribution < 1.29 is 17.6 Å². The SMILES string of the molecule is CN(c1ccc(C(C)(C)C)cc1)c1cccc2c1oc1c(C(F)(F)F)cccc12. The molecule has 2 nitrogen and oxygen atoms in total. The second-order valence-electron chi connectivity index (χ2n) is 8.29. The molecule has 1 aromatic heterocycles. The molecule has 0 fully saturated rings. The van der Waals surface area contributed by atoms with Crippen LogP contribution in [0.2, 0.25) is 0 Å². The van der Waals surface area contributed by atoms with Crippen molar-refractivity contribution in [1.82, 2.24) is 0 Å². The van der Waals surface area contributed by atoms with Gasteiger partial charge in [-0.1, -0.05) is 57.2 Å². The van der Waals surface area contributed by atoms with Crippen LogP contribution in [-0.4, -0.2) is 7.05 Å². The zero-order chi connectivity index (χ0) is 21.0. The van der Waals surface area contributed by atoms with Gasteiger partial charge in [-0.3, -0.25) is 0 Å². The fourth-order valence-electron chi connectivity index (χ4n) is 3.62. The highest BCUT2D eigenvalue weighted by atomic mass is 19.4. The van der Waals surface area contributed by atoms with Gasteiger partial charge in [0.05, 0.1) is 11.3 Å². The molecule has 0 atom stereocenters. The Hall–Kier alpha value is -2.95. The zero-order valence-electron chi connectivity index (χ0n) is 16.8. The Morgan fingerprint density at radius 3 is 1.93 bits per heavy atom. The van der Waals surface area contributed by atoms with Gasteiger partial charge in [-0.15, -0.1) is 0 Å². The van der Waals surface area contributed by atoms with Crippen molar-refractivity contribution >= 4 is 33.3 Å². The van der Waals surface area contributed by atoms with E-state index in [2.05, 4.69) is 32.9 Å². The third kappa shape index (κ3) is 3.35. The van der Waals surface area contributed by atoms with Gasteiger partial charge in [-0.25, -0.2) is 0 Å². The minimum Gasteiger partial charge on any atom is -0.453 e. The van der Waals surface area contributed by atoms with E-state index in [9.17, 15) is 13.2 Å². The highest BCUT2D eigenvalue weighted by Gasteiger charge is 2.34. The minimum atomic E-state index is -4.47. The summed E-state index contributed by atoms with van der Waals surface area (Å²) in [7, 11) is 1.89. The van der Waals surface area contributed by atoms with Gasteiger partial charge in [0, 0.05) is 23.5 Å². The van der Waals surface area contributed by atoms with Crippen molar-refractivity contribution in [1.29, 1.82) is 0 Å². The van der Waals surface area contributed by atoms with Crippen LogP contribution >= 0.6 is 0 Å². The molecule has 0 aliphatic rings. The van der Waals surface area contributed by atoms with Crippen LogP contribution in [0.25, 0.3) is 21.9 Å². The molecule has 0 unspecified atom stereocenters. The molecule has 0 amide bonds. The molecule has 0 saturated carbocycles. The van der Waals surface area contributed by atoms with E-state index in [1.165, 1.54) is 11.6 Å². The molecule has 0 saturated heterocycles. The monoisotopic (exact) mass is 397 g/mol. The number of benzene rings is 3. The van der Waals surface area contributed by atoms with Gasteiger partial charge >= 0.3 is 6.18 Å². The van der Waals surface area contributed by atoms with Crippen LogP contribution in [0.3, 0.4) is 0 Å². The van der Waals surface area contributed by atoms with Gasteiger partial charge in [0.1, 0.15) is 5.58 Å². The molecule has 0 N–H and O–H groups in total. The topological polar surface area (TPSA) is 16.4 Å². The number of anilines is 2. The van der Waals surface area contributed by atoms with Crippen LogP contribution in [0.5, 0.6) is 0 Å². The lowest BCUT2D eigenvalue weighted by Crippen LogP contribution is -2.13. The van der Waals surface area contributed by atoms with E-state index in [0.29, 0.717) is 16.4 Å². The Kier molecular flexibility index (Phi) is 4.37. The number of alkyl halides is 3. The number of halogens is 3. The van der Waals surface area contributed by atoms with E-state index in [1.54, 1.807) is 12.1 Å². The molecular formula is C24H22F3NO. The van der Waals surface area contributed by atoms with E-state index in [4.69, 9.17) is 4.42 Å². The fraction of sp³-hybridized carbons (Fsp3) is 0.250. The summed E-state index contributed by atoms with van der Waals surface area (Å²) in [5.41, 5.74) is 2.47. The average molecular weight is 397 g/mol. The maximum absolute atomic E-state index is 13.4. The lowest BCUT2D eigenvalue weighted by atomic mass is 9.87. The van der Waals surface area contributed by atoms with Gasteiger partial charge in [-0.2, -0.15) is 13.2 Å². The van der Waals surface area contributed by atoms with Crippen molar-refractivity contribution in [2.24, 2.45) is 0 Å². The summed E-state index contributed by atoms with van der Waals surface area (Å²) in [6.45, 7) is 6.46. The zero-order valence-corrected chi connectivity index (χ0v) is 16.8. The first-order chi connectivity index (χ1) is 13.6. The second-order valence-corrected chi connectivity index (χ2v) is 8.29. The van der Waals surface area contributed by atoms with E-state index >= 15 is 0 Å². The largest absolute Gasteiger partial charge is 0.453 e. The number of fused-ring (bicyclic) bond motifs is 3. The van der Waals surface area contributed by atoms with Crippen molar-refractivity contribution in [3.8, 4) is 0 Å². The first-order valence-corrected chi connectivity index (χ1v) is 9.43. The molecule has 0 aliphatic carbocycles. The predicted octanol–water partition coefficient (Wildman–Crippen LogP) is 7.67. The Morgan fingerprint density at radius 2 is 1.34 bits per heavy atom. The van der Waals surface area contributed by atoms with Crippen LogP contribution in [0.4, 0.5) is 24.5 Å². The summed E-state index contributed by atoms with van der Waals surface area (Å²) in [6.07, 6.45) is -4.47. The first kappa shape index (κ1) is 19.4. The molecule has 4 aromatic rings. The number of nitrogens with zero attached hydrogens (tertiary/aromatic N) is 1. The second kappa shape index (κ2) is 6.55. The Bertz CT molecular complexity index is 1180. The van der Waals surface area contributed by atoms with Crippen LogP contribution in [0.1, 0.15) is 31.9 Å². The molecule has 0 aliphatic heterocycles. The molecule has 0 bridgehead atoms. The van der Waals surface area contributed by atoms with Crippen LogP contribution in [0, 0.1) is 0 Å². The Labute approximate surface area is 167 Å². The molecule has 150 valence electrons. The molecule has 0 spiro atoms. The third-order valence-corrected chi connectivity index (χ3v) is 5.29. The summed E-state index contributed by atoms with van der Waals surface area (Å²) in [6, 6.07) is 17.8. The maximum Gasteiger partial charge on any atom is 0.420 e. The van der Waals surface area contributed by atoms with Crippen molar-refractivity contribution in [2.45, 2.75) is 32.4 Å². The molecule has 1 heterocycles. The smallest absolute Gasteiger partial charge is 0.420 e. The highest BCUT2D eigenvalue weighted by Crippen LogP contribution is 2.42. The molecule has 4 rings (SSSR count). The summed E-state index contributed by atoms with van der Waals surface area (Å²) in [5.74, 6) is 0. The van der Waals surface area contributed by atoms with Gasteiger partial charge in [0.25, 0.3) is 0 Å². The predicted molar refractivity (Wildman–Crippen MR) is 112 cm³/mol. The number of hydrogen-bond acceptors (Lipinski definition) is 2. The van der Waals surface area contributed by atoms with E-state index < -0.39 is 11.7 Å². The quantitative estimate of drug-likeness (QED) is 0.345. The molecule has 0 radical (unpaired) electrons. The van der Waals surface area contributed by atoms with Crippen molar-refractivity contribution in [3.63, 3.8) is 0 Å². The first-order valence-electron chi connectivity index (χ1n) is 9.43. The molecule has 29 heavy (non-hydrogen) atoms. The lowest BCUT2D eigenvalue weighted by Gasteiger charge is -2.23. The van der Waals surface area contributed by atoms with Crippen LogP contribution < -0.4 is 4.90 Å². The average Bonchev–Trinajstić information content (AvgIpc) is 3.04. The van der Waals surface area contributed by atoms with Crippen molar-refractivity contribution in [2.75, 3.05) is 11.9 Å². The van der Waals surface area contributed by atoms with Gasteiger partial charge < -0.3 is 9.32 Å². The van der Waals surface area contributed by atoms with Crippen molar-refractivity contribution in [3.05, 3.63) is 71.8 Å². The summed E-state index contributed by atoms with van der Waals surface area (Å²) >= 11 is 0. The van der Waals surface area contributed by atoms with Gasteiger partial charge in [0.15, 0.2) is 5.58 Å². The third-order valence-electron chi connectivity index (χ3n) is 5.29. The molecular weight excluding hydrogens is 375 g/mol. The Morgan fingerprint density at radius 1 is 0.759 bits per heavy atom. The fourth-order valence-corrected chi connectivity index (χ4v) is 3.62. The summed E-state index contributed by atoms with van der Waals surface area (Å²) in [5, 5.41) is 1.13. The lowest BCUT2D eigenvalue weighted by molar-refractivity contribution is -0.136. The van der Waals surface area contributed by atoms with Gasteiger partial charge in [0.2, 0.25) is 0 Å². The van der Waals surface area contributed by atoms with E-state index in [0.717, 1.165) is 17.4 Å². The van der Waals surface area contributed by atoms with Crippen LogP contribution in [-0.2, 0) is 11.6 Å². The normalized spacial score (nSPS) is 12.7. The number of furan rings is 1. The number of hydrogen-bond donors (Lipinski definition) is 0. The summed E-state index contributed by atoms with van der Waals surface area (Å²) < 4.78 is 46.1. The molecule has 5 heteroatoms. The standard InChI is InChI=1S/C24H22F3NO/c1-23(2,3)15-11-13-16(14-12-15)28(4)20-10-6-8-18-17-7-5-9-19(24(25,26)27)21(17)29-22(18)20/h5-14H,1-4H3. The maximum atomic E-state index is 13.4. The minimum absolute atomic E-state index is 0.0455. The van der Waals surface area contributed by atoms with Crippen LogP contribution in [0.15, 0.2) is 65.1 Å². The Balaban J connectivity index is 1.86. The number of para-hydroxylation sites is 2. The van der Waals surface area contributed by atoms with Gasteiger partial charge in [-0.05, 0) is 35.2 Å². The number of rotatable bonds is 2. The molecule has 3 aromatic carbocycles. The van der Waals surface area contributed by atoms with E-state index in [-0.39, 0.29) is 11.0 Å². The summed E-state index contributed by atoms with van der Waals surface area (Å²) in [4.78, 5) is 1.93.